The number of aliphatic hydroxyl groups is 2. The Balaban J connectivity index is 1.94. The Bertz CT molecular complexity index is 483. The Morgan fingerprint density at radius 3 is 2.50 bits per heavy atom. The summed E-state index contributed by atoms with van der Waals surface area (Å²) >= 11 is 0. The van der Waals surface area contributed by atoms with Crippen LogP contribution < -0.4 is 10.2 Å². The van der Waals surface area contributed by atoms with Crippen LogP contribution in [0.2, 0.25) is 0 Å². The lowest BCUT2D eigenvalue weighted by atomic mass is 9.76. The Morgan fingerprint density at radius 1 is 1.36 bits per heavy atom. The first-order valence-electron chi connectivity index (χ1n) is 7.96. The van der Waals surface area contributed by atoms with Crippen molar-refractivity contribution in [3.63, 3.8) is 0 Å². The molecule has 0 aliphatic heterocycles. The van der Waals surface area contributed by atoms with Gasteiger partial charge in [0.15, 0.2) is 0 Å². The first-order chi connectivity index (χ1) is 10.5. The van der Waals surface area contributed by atoms with Crippen LogP contribution in [0.1, 0.15) is 36.5 Å². The summed E-state index contributed by atoms with van der Waals surface area (Å²) in [7, 11) is 1.90. The minimum atomic E-state index is -0.197. The van der Waals surface area contributed by atoms with Crippen LogP contribution in [0, 0.1) is 5.92 Å². The van der Waals surface area contributed by atoms with Gasteiger partial charge >= 0.3 is 0 Å². The van der Waals surface area contributed by atoms with E-state index < -0.39 is 0 Å². The van der Waals surface area contributed by atoms with Gasteiger partial charge in [0.1, 0.15) is 0 Å². The smallest absolute Gasteiger partial charge is 0.251 e. The molecule has 122 valence electrons. The predicted molar refractivity (Wildman–Crippen MR) is 87.1 cm³/mol. The third-order valence-corrected chi connectivity index (χ3v) is 4.48. The highest BCUT2D eigenvalue weighted by molar-refractivity contribution is 5.94. The number of carbonyl (C=O) groups is 1. The Labute approximate surface area is 131 Å². The minimum absolute atomic E-state index is 0.0652. The molecular formula is C17H26N2O3. The van der Waals surface area contributed by atoms with Crippen molar-refractivity contribution in [1.82, 2.24) is 5.32 Å². The molecule has 1 atom stereocenters. The van der Waals surface area contributed by atoms with Gasteiger partial charge in [0, 0.05) is 30.9 Å². The molecule has 3 N–H and O–H groups in total. The van der Waals surface area contributed by atoms with Crippen molar-refractivity contribution in [2.45, 2.75) is 38.3 Å². The fourth-order valence-corrected chi connectivity index (χ4v) is 2.91. The SMILES string of the molecule is CCC(NC(=O)c1ccc(N(C)CCO)cc1)C1CC(O)C1. The first kappa shape index (κ1) is 16.8. The molecule has 0 aromatic heterocycles. The summed E-state index contributed by atoms with van der Waals surface area (Å²) < 4.78 is 0. The van der Waals surface area contributed by atoms with E-state index >= 15 is 0 Å². The number of hydrogen-bond donors (Lipinski definition) is 3. The number of likely N-dealkylation sites (N-methyl/N-ethyl adjacent to an activating group) is 1. The van der Waals surface area contributed by atoms with Gasteiger partial charge in [0.2, 0.25) is 0 Å². The van der Waals surface area contributed by atoms with Crippen LogP contribution in [0.3, 0.4) is 0 Å². The number of nitrogens with one attached hydrogen (secondary N) is 1. The van der Waals surface area contributed by atoms with Crippen LogP contribution in [-0.2, 0) is 0 Å². The van der Waals surface area contributed by atoms with E-state index in [2.05, 4.69) is 12.2 Å². The third-order valence-electron chi connectivity index (χ3n) is 4.48. The molecule has 22 heavy (non-hydrogen) atoms. The maximum absolute atomic E-state index is 12.3. The van der Waals surface area contributed by atoms with Gasteiger partial charge < -0.3 is 20.4 Å². The van der Waals surface area contributed by atoms with Gasteiger partial charge in [0.05, 0.1) is 12.7 Å². The maximum Gasteiger partial charge on any atom is 0.251 e. The lowest BCUT2D eigenvalue weighted by Crippen LogP contribution is -2.46. The molecule has 1 aliphatic carbocycles. The number of aliphatic hydroxyl groups excluding tert-OH is 2. The Morgan fingerprint density at radius 2 is 2.00 bits per heavy atom. The zero-order chi connectivity index (χ0) is 16.1. The summed E-state index contributed by atoms with van der Waals surface area (Å²) in [5, 5.41) is 21.4. The van der Waals surface area contributed by atoms with E-state index in [0.717, 1.165) is 24.9 Å². The molecule has 5 nitrogen and oxygen atoms in total. The second kappa shape index (κ2) is 7.61. The summed E-state index contributed by atoms with van der Waals surface area (Å²) in [6.07, 6.45) is 2.24. The molecule has 5 heteroatoms. The van der Waals surface area contributed by atoms with Crippen LogP contribution in [0.25, 0.3) is 0 Å². The predicted octanol–water partition coefficient (Wildman–Crippen LogP) is 1.39. The minimum Gasteiger partial charge on any atom is -0.395 e. The summed E-state index contributed by atoms with van der Waals surface area (Å²) in [5.74, 6) is 0.323. The molecule has 1 amide bonds. The number of nitrogens with zero attached hydrogens (tertiary/aromatic N) is 1. The van der Waals surface area contributed by atoms with Crippen molar-refractivity contribution in [3.8, 4) is 0 Å². The fourth-order valence-electron chi connectivity index (χ4n) is 2.91. The number of carbonyl (C=O) groups excluding carboxylic acids is 1. The quantitative estimate of drug-likeness (QED) is 0.712. The van der Waals surface area contributed by atoms with Crippen molar-refractivity contribution in [3.05, 3.63) is 29.8 Å². The van der Waals surface area contributed by atoms with Gasteiger partial charge in [-0.25, -0.2) is 0 Å². The van der Waals surface area contributed by atoms with Crippen LogP contribution in [0.15, 0.2) is 24.3 Å². The van der Waals surface area contributed by atoms with E-state index in [1.165, 1.54) is 0 Å². The van der Waals surface area contributed by atoms with Gasteiger partial charge in [-0.15, -0.1) is 0 Å². The lowest BCUT2D eigenvalue weighted by Gasteiger charge is -2.37. The Kier molecular flexibility index (Phi) is 5.80. The largest absolute Gasteiger partial charge is 0.395 e. The Hall–Kier alpha value is -1.59. The average molecular weight is 306 g/mol. The number of anilines is 1. The van der Waals surface area contributed by atoms with Gasteiger partial charge in [-0.3, -0.25) is 4.79 Å². The van der Waals surface area contributed by atoms with Crippen molar-refractivity contribution in [2.75, 3.05) is 25.1 Å². The van der Waals surface area contributed by atoms with Crippen LogP contribution in [0.5, 0.6) is 0 Å². The zero-order valence-electron chi connectivity index (χ0n) is 13.3. The topological polar surface area (TPSA) is 72.8 Å². The van der Waals surface area contributed by atoms with Gasteiger partial charge in [-0.05, 0) is 49.4 Å². The average Bonchev–Trinajstić information content (AvgIpc) is 2.50. The molecule has 0 heterocycles. The molecule has 1 aromatic rings. The number of rotatable bonds is 7. The van der Waals surface area contributed by atoms with Crippen molar-refractivity contribution >= 4 is 11.6 Å². The summed E-state index contributed by atoms with van der Waals surface area (Å²) in [6.45, 7) is 2.72. The highest BCUT2D eigenvalue weighted by Gasteiger charge is 2.33. The van der Waals surface area contributed by atoms with Crippen LogP contribution in [-0.4, -0.2) is 48.5 Å². The maximum atomic E-state index is 12.3. The number of benzene rings is 1. The van der Waals surface area contributed by atoms with Gasteiger partial charge in [-0.1, -0.05) is 6.92 Å². The van der Waals surface area contributed by atoms with E-state index in [1.807, 2.05) is 24.1 Å². The first-order valence-corrected chi connectivity index (χ1v) is 7.96. The molecule has 1 saturated carbocycles. The molecule has 0 saturated heterocycles. The van der Waals surface area contributed by atoms with Gasteiger partial charge in [0.25, 0.3) is 5.91 Å². The summed E-state index contributed by atoms with van der Waals surface area (Å²) in [6, 6.07) is 7.52. The van der Waals surface area contributed by atoms with E-state index in [1.54, 1.807) is 12.1 Å². The second-order valence-corrected chi connectivity index (χ2v) is 6.07. The molecule has 2 rings (SSSR count). The van der Waals surface area contributed by atoms with Gasteiger partial charge in [-0.2, -0.15) is 0 Å². The molecular weight excluding hydrogens is 280 g/mol. The van der Waals surface area contributed by atoms with E-state index in [-0.39, 0.29) is 24.7 Å². The van der Waals surface area contributed by atoms with Crippen molar-refractivity contribution < 1.29 is 15.0 Å². The molecule has 0 bridgehead atoms. The zero-order valence-corrected chi connectivity index (χ0v) is 13.3. The van der Waals surface area contributed by atoms with Crippen molar-refractivity contribution in [2.24, 2.45) is 5.92 Å². The summed E-state index contributed by atoms with van der Waals surface area (Å²) in [5.41, 5.74) is 1.61. The molecule has 0 radical (unpaired) electrons. The molecule has 1 unspecified atom stereocenters. The van der Waals surface area contributed by atoms with E-state index in [4.69, 9.17) is 5.11 Å². The molecule has 1 aromatic carbocycles. The van der Waals surface area contributed by atoms with Crippen LogP contribution in [0.4, 0.5) is 5.69 Å². The molecule has 1 aliphatic rings. The third kappa shape index (κ3) is 3.99. The highest BCUT2D eigenvalue weighted by atomic mass is 16.3. The lowest BCUT2D eigenvalue weighted by molar-refractivity contribution is 0.0232. The summed E-state index contributed by atoms with van der Waals surface area (Å²) in [4.78, 5) is 14.3. The van der Waals surface area contributed by atoms with Crippen LogP contribution >= 0.6 is 0 Å². The second-order valence-electron chi connectivity index (χ2n) is 6.07. The number of hydrogen-bond acceptors (Lipinski definition) is 4. The highest BCUT2D eigenvalue weighted by Crippen LogP contribution is 2.31. The monoisotopic (exact) mass is 306 g/mol. The van der Waals surface area contributed by atoms with E-state index in [9.17, 15) is 9.90 Å². The normalized spacial score (nSPS) is 21.8. The van der Waals surface area contributed by atoms with E-state index in [0.29, 0.717) is 18.0 Å². The fraction of sp³-hybridized carbons (Fsp3) is 0.588. The number of amides is 1. The standard InChI is InChI=1S/C17H26N2O3/c1-3-16(13-10-15(21)11-13)18-17(22)12-4-6-14(7-5-12)19(2)8-9-20/h4-7,13,15-16,20-21H,3,8-11H2,1-2H3,(H,18,22). The molecule has 1 fully saturated rings. The molecule has 0 spiro atoms. The van der Waals surface area contributed by atoms with Crippen molar-refractivity contribution in [1.29, 1.82) is 0 Å².